The normalized spacial score (nSPS) is 10.6. The van der Waals surface area contributed by atoms with Crippen molar-refractivity contribution in [2.45, 2.75) is 6.61 Å². The zero-order chi connectivity index (χ0) is 16.9. The zero-order valence-electron chi connectivity index (χ0n) is 12.6. The maximum atomic E-state index is 13.3. The van der Waals surface area contributed by atoms with Gasteiger partial charge >= 0.3 is 5.97 Å². The van der Waals surface area contributed by atoms with Crippen LogP contribution in [-0.2, 0) is 16.1 Å². The number of esters is 1. The maximum absolute atomic E-state index is 13.3. The van der Waals surface area contributed by atoms with Crippen molar-refractivity contribution >= 4 is 17.3 Å². The Morgan fingerprint density at radius 3 is 2.46 bits per heavy atom. The van der Waals surface area contributed by atoms with Crippen molar-refractivity contribution in [3.05, 3.63) is 59.9 Å². The van der Waals surface area contributed by atoms with Crippen LogP contribution in [0.5, 0.6) is 0 Å². The molecular weight excluding hydrogens is 329 g/mol. The molecule has 1 aromatic heterocycles. The van der Waals surface area contributed by atoms with E-state index in [4.69, 9.17) is 10.5 Å². The van der Waals surface area contributed by atoms with E-state index in [2.05, 4.69) is 10.2 Å². The number of carbonyl (C=O) groups is 1. The van der Waals surface area contributed by atoms with Gasteiger partial charge in [0, 0.05) is 11.1 Å². The van der Waals surface area contributed by atoms with Gasteiger partial charge in [-0.15, -0.1) is 10.2 Å². The van der Waals surface area contributed by atoms with Crippen molar-refractivity contribution in [2.75, 3.05) is 6.54 Å². The number of benzene rings is 2. The van der Waals surface area contributed by atoms with Gasteiger partial charge in [0.05, 0.1) is 6.54 Å². The van der Waals surface area contributed by atoms with E-state index < -0.39 is 5.97 Å². The number of hydrogen-bond acceptors (Lipinski definition) is 6. The Morgan fingerprint density at radius 2 is 1.79 bits per heavy atom. The fourth-order valence-electron chi connectivity index (χ4n) is 2.04. The third-order valence-corrected chi connectivity index (χ3v) is 4.29. The van der Waals surface area contributed by atoms with Crippen LogP contribution in [0.25, 0.3) is 21.1 Å². The molecule has 0 atom stereocenters. The Labute approximate surface area is 141 Å². The van der Waals surface area contributed by atoms with Crippen LogP contribution in [0.1, 0.15) is 5.56 Å². The smallest absolute Gasteiger partial charge is 0.320 e. The van der Waals surface area contributed by atoms with Gasteiger partial charge in [-0.2, -0.15) is 0 Å². The van der Waals surface area contributed by atoms with Gasteiger partial charge in [-0.3, -0.25) is 4.79 Å². The summed E-state index contributed by atoms with van der Waals surface area (Å²) in [7, 11) is 0. The minimum atomic E-state index is -0.442. The molecule has 0 aliphatic carbocycles. The summed E-state index contributed by atoms with van der Waals surface area (Å²) >= 11 is 1.38. The molecular formula is C17H14FN3O2S. The van der Waals surface area contributed by atoms with E-state index in [1.807, 2.05) is 24.3 Å². The first-order valence-corrected chi connectivity index (χ1v) is 8.02. The van der Waals surface area contributed by atoms with Crippen LogP contribution in [0, 0.1) is 5.82 Å². The van der Waals surface area contributed by atoms with Crippen molar-refractivity contribution in [1.82, 2.24) is 10.2 Å². The molecule has 2 N–H and O–H groups in total. The summed E-state index contributed by atoms with van der Waals surface area (Å²) in [4.78, 5) is 11.0. The summed E-state index contributed by atoms with van der Waals surface area (Å²) in [6, 6.07) is 13.7. The maximum Gasteiger partial charge on any atom is 0.320 e. The van der Waals surface area contributed by atoms with E-state index in [1.165, 1.54) is 23.5 Å². The SMILES string of the molecule is NCC(=O)OCc1ccc(-c2nnc(-c3cccc(F)c3)s2)cc1. The lowest BCUT2D eigenvalue weighted by Crippen LogP contribution is -2.16. The highest BCUT2D eigenvalue weighted by Crippen LogP contribution is 2.30. The average molecular weight is 343 g/mol. The Hall–Kier alpha value is -2.64. The van der Waals surface area contributed by atoms with Gasteiger partial charge in [0.2, 0.25) is 0 Å². The molecule has 3 rings (SSSR count). The molecule has 0 amide bonds. The Balaban J connectivity index is 1.74. The van der Waals surface area contributed by atoms with Crippen LogP contribution < -0.4 is 5.73 Å². The number of ether oxygens (including phenoxy) is 1. The number of hydrogen-bond donors (Lipinski definition) is 1. The van der Waals surface area contributed by atoms with Crippen molar-refractivity contribution in [1.29, 1.82) is 0 Å². The van der Waals surface area contributed by atoms with E-state index in [0.29, 0.717) is 10.6 Å². The molecule has 1 heterocycles. The lowest BCUT2D eigenvalue weighted by atomic mass is 10.1. The largest absolute Gasteiger partial charge is 0.460 e. The standard InChI is InChI=1S/C17H14FN3O2S/c18-14-3-1-2-13(8-14)17-21-20-16(24-17)12-6-4-11(5-7-12)10-23-15(22)9-19/h1-8H,9-10,19H2. The second kappa shape index (κ2) is 7.29. The summed E-state index contributed by atoms with van der Waals surface area (Å²) < 4.78 is 18.3. The molecule has 0 bridgehead atoms. The predicted molar refractivity (Wildman–Crippen MR) is 89.6 cm³/mol. The van der Waals surface area contributed by atoms with Gasteiger partial charge in [0.15, 0.2) is 0 Å². The molecule has 24 heavy (non-hydrogen) atoms. The number of halogens is 1. The van der Waals surface area contributed by atoms with Crippen LogP contribution in [-0.4, -0.2) is 22.7 Å². The second-order valence-corrected chi connectivity index (χ2v) is 5.96. The molecule has 0 radical (unpaired) electrons. The van der Waals surface area contributed by atoms with Crippen LogP contribution in [0.2, 0.25) is 0 Å². The van der Waals surface area contributed by atoms with E-state index in [0.717, 1.165) is 16.1 Å². The third kappa shape index (κ3) is 3.81. The highest BCUT2D eigenvalue weighted by atomic mass is 32.1. The Kier molecular flexibility index (Phi) is 4.93. The topological polar surface area (TPSA) is 78.1 Å². The molecule has 7 heteroatoms. The molecule has 0 fully saturated rings. The quantitative estimate of drug-likeness (QED) is 0.721. The van der Waals surface area contributed by atoms with Gasteiger partial charge in [-0.25, -0.2) is 4.39 Å². The first-order valence-electron chi connectivity index (χ1n) is 7.20. The lowest BCUT2D eigenvalue weighted by molar-refractivity contribution is -0.143. The predicted octanol–water partition coefficient (Wildman–Crippen LogP) is 3.01. The number of rotatable bonds is 5. The van der Waals surface area contributed by atoms with Gasteiger partial charge < -0.3 is 10.5 Å². The zero-order valence-corrected chi connectivity index (χ0v) is 13.4. The minimum Gasteiger partial charge on any atom is -0.460 e. The van der Waals surface area contributed by atoms with E-state index >= 15 is 0 Å². The number of aromatic nitrogens is 2. The van der Waals surface area contributed by atoms with E-state index in [1.54, 1.807) is 12.1 Å². The molecule has 2 aromatic carbocycles. The Morgan fingerprint density at radius 1 is 1.08 bits per heavy atom. The molecule has 0 saturated carbocycles. The fraction of sp³-hybridized carbons (Fsp3) is 0.118. The monoisotopic (exact) mass is 343 g/mol. The van der Waals surface area contributed by atoms with Crippen molar-refractivity contribution in [2.24, 2.45) is 5.73 Å². The van der Waals surface area contributed by atoms with Crippen LogP contribution in [0.15, 0.2) is 48.5 Å². The molecule has 0 unspecified atom stereocenters. The first-order chi connectivity index (χ1) is 11.7. The number of nitrogens with zero attached hydrogens (tertiary/aromatic N) is 2. The van der Waals surface area contributed by atoms with E-state index in [9.17, 15) is 9.18 Å². The molecule has 0 aliphatic heterocycles. The van der Waals surface area contributed by atoms with E-state index in [-0.39, 0.29) is 19.0 Å². The van der Waals surface area contributed by atoms with Crippen LogP contribution in [0.3, 0.4) is 0 Å². The number of nitrogens with two attached hydrogens (primary N) is 1. The highest BCUT2D eigenvalue weighted by Gasteiger charge is 2.09. The van der Waals surface area contributed by atoms with Crippen molar-refractivity contribution < 1.29 is 13.9 Å². The third-order valence-electron chi connectivity index (χ3n) is 3.26. The summed E-state index contributed by atoms with van der Waals surface area (Å²) in [6.07, 6.45) is 0. The molecule has 0 spiro atoms. The van der Waals surface area contributed by atoms with Gasteiger partial charge in [0.1, 0.15) is 22.4 Å². The minimum absolute atomic E-state index is 0.133. The second-order valence-electron chi connectivity index (χ2n) is 4.98. The Bertz CT molecular complexity index is 849. The molecule has 122 valence electrons. The molecule has 0 aliphatic rings. The summed E-state index contributed by atoms with van der Waals surface area (Å²) in [5, 5.41) is 9.66. The van der Waals surface area contributed by atoms with Gasteiger partial charge in [0.25, 0.3) is 0 Å². The highest BCUT2D eigenvalue weighted by molar-refractivity contribution is 7.17. The van der Waals surface area contributed by atoms with Gasteiger partial charge in [-0.1, -0.05) is 47.7 Å². The lowest BCUT2D eigenvalue weighted by Gasteiger charge is -2.03. The van der Waals surface area contributed by atoms with Crippen LogP contribution >= 0.6 is 11.3 Å². The first kappa shape index (κ1) is 16.2. The summed E-state index contributed by atoms with van der Waals surface area (Å²) in [6.45, 7) is 0.0483. The summed E-state index contributed by atoms with van der Waals surface area (Å²) in [5.74, 6) is -0.747. The van der Waals surface area contributed by atoms with Gasteiger partial charge in [-0.05, 0) is 17.7 Å². The van der Waals surface area contributed by atoms with Crippen molar-refractivity contribution in [3.8, 4) is 21.1 Å². The molecule has 0 saturated heterocycles. The van der Waals surface area contributed by atoms with Crippen LogP contribution in [0.4, 0.5) is 4.39 Å². The molecule has 3 aromatic rings. The number of carbonyl (C=O) groups excluding carboxylic acids is 1. The molecule has 5 nitrogen and oxygen atoms in total. The fourth-order valence-corrected chi connectivity index (χ4v) is 2.89. The average Bonchev–Trinajstić information content (AvgIpc) is 3.10. The summed E-state index contributed by atoms with van der Waals surface area (Å²) in [5.41, 5.74) is 7.63. The van der Waals surface area contributed by atoms with Crippen molar-refractivity contribution in [3.63, 3.8) is 0 Å².